The third kappa shape index (κ3) is 2.87. The van der Waals surface area contributed by atoms with Crippen LogP contribution in [0.25, 0.3) is 0 Å². The van der Waals surface area contributed by atoms with Gasteiger partial charge in [0.25, 0.3) is 5.91 Å². The third-order valence-electron chi connectivity index (χ3n) is 3.61. The molecule has 22 heavy (non-hydrogen) atoms. The van der Waals surface area contributed by atoms with E-state index in [2.05, 4.69) is 10.3 Å². The first-order chi connectivity index (χ1) is 10.5. The van der Waals surface area contributed by atoms with Crippen LogP contribution < -0.4 is 10.2 Å². The lowest BCUT2D eigenvalue weighted by Crippen LogP contribution is -2.14. The molecule has 0 saturated carbocycles. The van der Waals surface area contributed by atoms with Gasteiger partial charge in [0.15, 0.2) is 10.9 Å². The number of nitrogens with zero attached hydrogens (tertiary/aromatic N) is 2. The number of carbonyl (C=O) groups is 2. The van der Waals surface area contributed by atoms with E-state index < -0.39 is 0 Å². The third-order valence-corrected chi connectivity index (χ3v) is 4.67. The van der Waals surface area contributed by atoms with Gasteiger partial charge in [0.1, 0.15) is 0 Å². The summed E-state index contributed by atoms with van der Waals surface area (Å²) in [6.45, 7) is 0. The van der Waals surface area contributed by atoms with E-state index in [1.165, 1.54) is 11.3 Å². The SMILES string of the molecule is CN(C)c1cccc(C(=O)Nc2nc3c(s2)C(=O)CCC3)c1. The van der Waals surface area contributed by atoms with E-state index in [-0.39, 0.29) is 11.7 Å². The molecule has 1 amide bonds. The number of fused-ring (bicyclic) bond motifs is 1. The number of nitrogens with one attached hydrogen (secondary N) is 1. The standard InChI is InChI=1S/C16H17N3O2S/c1-19(2)11-6-3-5-10(9-11)15(21)18-16-17-12-7-4-8-13(20)14(12)22-16/h3,5-6,9H,4,7-8H2,1-2H3,(H,17,18,21). The number of aromatic nitrogens is 1. The molecule has 1 aromatic carbocycles. The zero-order chi connectivity index (χ0) is 15.7. The smallest absolute Gasteiger partial charge is 0.257 e. The Labute approximate surface area is 133 Å². The van der Waals surface area contributed by atoms with Crippen molar-refractivity contribution in [3.63, 3.8) is 0 Å². The van der Waals surface area contributed by atoms with Crippen molar-refractivity contribution >= 4 is 33.8 Å². The molecule has 0 aliphatic heterocycles. The molecular formula is C16H17N3O2S. The van der Waals surface area contributed by atoms with Crippen LogP contribution in [0.5, 0.6) is 0 Å². The first kappa shape index (κ1) is 14.7. The van der Waals surface area contributed by atoms with Crippen LogP contribution in [0.4, 0.5) is 10.8 Å². The van der Waals surface area contributed by atoms with Crippen LogP contribution >= 0.6 is 11.3 Å². The summed E-state index contributed by atoms with van der Waals surface area (Å²) in [6, 6.07) is 7.38. The number of rotatable bonds is 3. The van der Waals surface area contributed by atoms with Crippen molar-refractivity contribution in [2.24, 2.45) is 0 Å². The molecule has 6 heteroatoms. The predicted molar refractivity (Wildman–Crippen MR) is 88.1 cm³/mol. The summed E-state index contributed by atoms with van der Waals surface area (Å²) in [5, 5.41) is 3.30. The monoisotopic (exact) mass is 315 g/mol. The van der Waals surface area contributed by atoms with Gasteiger partial charge >= 0.3 is 0 Å². The van der Waals surface area contributed by atoms with Crippen molar-refractivity contribution in [2.75, 3.05) is 24.3 Å². The molecule has 1 N–H and O–H groups in total. The van der Waals surface area contributed by atoms with Gasteiger partial charge in [0.05, 0.1) is 10.6 Å². The number of anilines is 2. The molecule has 0 atom stereocenters. The van der Waals surface area contributed by atoms with E-state index >= 15 is 0 Å². The Kier molecular flexibility index (Phi) is 3.94. The normalized spacial score (nSPS) is 13.6. The molecule has 114 valence electrons. The van der Waals surface area contributed by atoms with Crippen LogP contribution in [0.3, 0.4) is 0 Å². The first-order valence-electron chi connectivity index (χ1n) is 7.16. The summed E-state index contributed by atoms with van der Waals surface area (Å²) in [6.07, 6.45) is 2.23. The molecule has 0 unspecified atom stereocenters. The molecule has 1 aliphatic carbocycles. The average molecular weight is 315 g/mol. The van der Waals surface area contributed by atoms with E-state index in [0.29, 0.717) is 22.0 Å². The van der Waals surface area contributed by atoms with Crippen molar-refractivity contribution in [2.45, 2.75) is 19.3 Å². The Bertz CT molecular complexity index is 737. The highest BCUT2D eigenvalue weighted by Crippen LogP contribution is 2.29. The van der Waals surface area contributed by atoms with Gasteiger partial charge in [-0.25, -0.2) is 4.98 Å². The number of aryl methyl sites for hydroxylation is 1. The van der Waals surface area contributed by atoms with Crippen LogP contribution in [0.1, 0.15) is 38.6 Å². The zero-order valence-electron chi connectivity index (χ0n) is 12.5. The minimum atomic E-state index is -0.206. The first-order valence-corrected chi connectivity index (χ1v) is 7.98. The Morgan fingerprint density at radius 1 is 1.32 bits per heavy atom. The van der Waals surface area contributed by atoms with Gasteiger partial charge in [-0.2, -0.15) is 0 Å². The molecule has 3 rings (SSSR count). The molecular weight excluding hydrogens is 298 g/mol. The largest absolute Gasteiger partial charge is 0.378 e. The Balaban J connectivity index is 1.80. The minimum Gasteiger partial charge on any atom is -0.378 e. The van der Waals surface area contributed by atoms with E-state index in [1.807, 2.05) is 37.2 Å². The fourth-order valence-electron chi connectivity index (χ4n) is 2.42. The summed E-state index contributed by atoms with van der Waals surface area (Å²) in [4.78, 5) is 31.2. The van der Waals surface area contributed by atoms with Crippen molar-refractivity contribution < 1.29 is 9.59 Å². The van der Waals surface area contributed by atoms with Crippen molar-refractivity contribution in [1.29, 1.82) is 0 Å². The Hall–Kier alpha value is -2.21. The number of thiazole rings is 1. The predicted octanol–water partition coefficient (Wildman–Crippen LogP) is 2.98. The molecule has 0 radical (unpaired) electrons. The average Bonchev–Trinajstić information content (AvgIpc) is 2.91. The number of ketones is 1. The number of benzene rings is 1. The Morgan fingerprint density at radius 2 is 2.14 bits per heavy atom. The number of hydrogen-bond acceptors (Lipinski definition) is 5. The van der Waals surface area contributed by atoms with E-state index in [1.54, 1.807) is 6.07 Å². The number of hydrogen-bond donors (Lipinski definition) is 1. The van der Waals surface area contributed by atoms with Crippen molar-refractivity contribution in [3.05, 3.63) is 40.4 Å². The number of carbonyl (C=O) groups excluding carboxylic acids is 2. The number of Topliss-reactive ketones (excluding diaryl/α,β-unsaturated/α-hetero) is 1. The van der Waals surface area contributed by atoms with Gasteiger partial charge < -0.3 is 4.90 Å². The molecule has 0 bridgehead atoms. The summed E-state index contributed by atoms with van der Waals surface area (Å²) >= 11 is 1.27. The zero-order valence-corrected chi connectivity index (χ0v) is 13.4. The molecule has 0 fully saturated rings. The molecule has 5 nitrogen and oxygen atoms in total. The Morgan fingerprint density at radius 3 is 2.86 bits per heavy atom. The van der Waals surface area contributed by atoms with Gasteiger partial charge in [-0.05, 0) is 31.0 Å². The van der Waals surface area contributed by atoms with Gasteiger partial charge in [0.2, 0.25) is 0 Å². The summed E-state index contributed by atoms with van der Waals surface area (Å²) in [7, 11) is 3.86. The second kappa shape index (κ2) is 5.88. The van der Waals surface area contributed by atoms with E-state index in [4.69, 9.17) is 0 Å². The van der Waals surface area contributed by atoms with Crippen LogP contribution in [0.15, 0.2) is 24.3 Å². The fourth-order valence-corrected chi connectivity index (χ4v) is 3.39. The molecule has 1 aromatic heterocycles. The number of amides is 1. The highest BCUT2D eigenvalue weighted by molar-refractivity contribution is 7.17. The van der Waals surface area contributed by atoms with Gasteiger partial charge in [0, 0.05) is 31.8 Å². The quantitative estimate of drug-likeness (QED) is 0.946. The highest BCUT2D eigenvalue weighted by Gasteiger charge is 2.23. The van der Waals surface area contributed by atoms with E-state index in [0.717, 1.165) is 24.2 Å². The van der Waals surface area contributed by atoms with Crippen LogP contribution in [-0.4, -0.2) is 30.8 Å². The fraction of sp³-hybridized carbons (Fsp3) is 0.312. The molecule has 0 spiro atoms. The van der Waals surface area contributed by atoms with Gasteiger partial charge in [-0.3, -0.25) is 14.9 Å². The molecule has 2 aromatic rings. The minimum absolute atomic E-state index is 0.133. The molecule has 0 saturated heterocycles. The lowest BCUT2D eigenvalue weighted by atomic mass is 10.0. The lowest BCUT2D eigenvalue weighted by Gasteiger charge is -2.13. The van der Waals surface area contributed by atoms with Crippen LogP contribution in [0, 0.1) is 0 Å². The van der Waals surface area contributed by atoms with Gasteiger partial charge in [-0.15, -0.1) is 0 Å². The maximum Gasteiger partial charge on any atom is 0.257 e. The molecule has 1 heterocycles. The van der Waals surface area contributed by atoms with Crippen molar-refractivity contribution in [3.8, 4) is 0 Å². The van der Waals surface area contributed by atoms with Crippen LogP contribution in [0.2, 0.25) is 0 Å². The summed E-state index contributed by atoms with van der Waals surface area (Å²) < 4.78 is 0. The summed E-state index contributed by atoms with van der Waals surface area (Å²) in [5.41, 5.74) is 2.35. The topological polar surface area (TPSA) is 62.3 Å². The summed E-state index contributed by atoms with van der Waals surface area (Å²) in [5.74, 6) is -0.0731. The highest BCUT2D eigenvalue weighted by atomic mass is 32.1. The van der Waals surface area contributed by atoms with E-state index in [9.17, 15) is 9.59 Å². The lowest BCUT2D eigenvalue weighted by molar-refractivity contribution is 0.0975. The maximum atomic E-state index is 12.3. The van der Waals surface area contributed by atoms with Gasteiger partial charge in [-0.1, -0.05) is 17.4 Å². The second-order valence-corrected chi connectivity index (χ2v) is 6.47. The maximum absolute atomic E-state index is 12.3. The van der Waals surface area contributed by atoms with Crippen molar-refractivity contribution in [1.82, 2.24) is 4.98 Å². The second-order valence-electron chi connectivity index (χ2n) is 5.47. The van der Waals surface area contributed by atoms with Crippen LogP contribution in [-0.2, 0) is 6.42 Å². The molecule has 1 aliphatic rings.